The predicted octanol–water partition coefficient (Wildman–Crippen LogP) is 2.29. The molecule has 3 heteroatoms. The maximum atomic E-state index is 5.92. The van der Waals surface area contributed by atoms with Crippen molar-refractivity contribution >= 4 is 12.4 Å². The van der Waals surface area contributed by atoms with Crippen LogP contribution in [0.25, 0.3) is 0 Å². The third-order valence-corrected chi connectivity index (χ3v) is 2.50. The Morgan fingerprint density at radius 3 is 2.57 bits per heavy atom. The molecule has 1 aliphatic carbocycles. The molecule has 2 rings (SSSR count). The number of benzene rings is 1. The Morgan fingerprint density at radius 1 is 1.36 bits per heavy atom. The fraction of sp³-hybridized carbons (Fsp3) is 0.455. The third-order valence-electron chi connectivity index (χ3n) is 2.50. The van der Waals surface area contributed by atoms with Gasteiger partial charge in [0.2, 0.25) is 0 Å². The molecule has 0 saturated heterocycles. The normalized spacial score (nSPS) is 17.0. The fourth-order valence-corrected chi connectivity index (χ4v) is 1.24. The number of hydrogen-bond donors (Lipinski definition) is 1. The van der Waals surface area contributed by atoms with E-state index in [-0.39, 0.29) is 17.9 Å². The fourth-order valence-electron chi connectivity index (χ4n) is 1.24. The van der Waals surface area contributed by atoms with E-state index in [4.69, 9.17) is 10.5 Å². The molecule has 2 N–H and O–H groups in total. The van der Waals surface area contributed by atoms with Gasteiger partial charge in [-0.25, -0.2) is 0 Å². The number of aryl methyl sites for hydroxylation is 1. The van der Waals surface area contributed by atoms with E-state index in [0.29, 0.717) is 6.61 Å². The van der Waals surface area contributed by atoms with Crippen molar-refractivity contribution in [2.75, 3.05) is 6.61 Å². The molecule has 0 heterocycles. The third kappa shape index (κ3) is 2.63. The van der Waals surface area contributed by atoms with Crippen LogP contribution in [0.4, 0.5) is 0 Å². The average molecular weight is 214 g/mol. The van der Waals surface area contributed by atoms with Gasteiger partial charge in [-0.3, -0.25) is 0 Å². The average Bonchev–Trinajstić information content (AvgIpc) is 2.83. The molecule has 78 valence electrons. The molecular weight excluding hydrogens is 198 g/mol. The lowest BCUT2D eigenvalue weighted by molar-refractivity contribution is 0.278. The smallest absolute Gasteiger partial charge is 0.122 e. The van der Waals surface area contributed by atoms with E-state index < -0.39 is 0 Å². The maximum Gasteiger partial charge on any atom is 0.122 e. The largest absolute Gasteiger partial charge is 0.491 e. The lowest BCUT2D eigenvalue weighted by Crippen LogP contribution is -2.29. The van der Waals surface area contributed by atoms with Gasteiger partial charge in [0.25, 0.3) is 0 Å². The van der Waals surface area contributed by atoms with Gasteiger partial charge in [0, 0.05) is 0 Å². The molecule has 1 aromatic carbocycles. The minimum Gasteiger partial charge on any atom is -0.491 e. The van der Waals surface area contributed by atoms with E-state index in [1.54, 1.807) is 0 Å². The summed E-state index contributed by atoms with van der Waals surface area (Å²) in [5, 5.41) is 0. The summed E-state index contributed by atoms with van der Waals surface area (Å²) in [7, 11) is 0. The molecule has 2 nitrogen and oxygen atoms in total. The Kier molecular flexibility index (Phi) is 3.40. The van der Waals surface area contributed by atoms with E-state index >= 15 is 0 Å². The Labute approximate surface area is 90.9 Å². The lowest BCUT2D eigenvalue weighted by Gasteiger charge is -2.12. The van der Waals surface area contributed by atoms with Crippen molar-refractivity contribution in [3.8, 4) is 5.75 Å². The number of hydrogen-bond acceptors (Lipinski definition) is 2. The van der Waals surface area contributed by atoms with Gasteiger partial charge < -0.3 is 10.5 Å². The quantitative estimate of drug-likeness (QED) is 0.836. The first-order chi connectivity index (χ1) is 6.20. The van der Waals surface area contributed by atoms with Gasteiger partial charge in [-0.15, -0.1) is 12.4 Å². The van der Waals surface area contributed by atoms with Crippen LogP contribution in [0.3, 0.4) is 0 Å². The van der Waals surface area contributed by atoms with Gasteiger partial charge in [-0.2, -0.15) is 0 Å². The SMILES string of the molecule is Cc1ccccc1OCC1(N)CC1.Cl. The van der Waals surface area contributed by atoms with Crippen LogP contribution in [-0.2, 0) is 0 Å². The van der Waals surface area contributed by atoms with Crippen LogP contribution in [0.15, 0.2) is 24.3 Å². The second-order valence-corrected chi connectivity index (χ2v) is 3.92. The first-order valence-electron chi connectivity index (χ1n) is 4.67. The molecule has 0 amide bonds. The van der Waals surface area contributed by atoms with E-state index in [9.17, 15) is 0 Å². The van der Waals surface area contributed by atoms with Gasteiger partial charge in [0.1, 0.15) is 12.4 Å². The van der Waals surface area contributed by atoms with Crippen LogP contribution in [0.5, 0.6) is 5.75 Å². The first kappa shape index (κ1) is 11.3. The summed E-state index contributed by atoms with van der Waals surface area (Å²) in [6.45, 7) is 2.70. The molecule has 0 aliphatic heterocycles. The van der Waals surface area contributed by atoms with Crippen molar-refractivity contribution in [1.29, 1.82) is 0 Å². The van der Waals surface area contributed by atoms with Crippen molar-refractivity contribution in [3.63, 3.8) is 0 Å². The summed E-state index contributed by atoms with van der Waals surface area (Å²) in [6.07, 6.45) is 2.19. The highest BCUT2D eigenvalue weighted by Gasteiger charge is 2.39. The van der Waals surface area contributed by atoms with Crippen molar-refractivity contribution < 1.29 is 4.74 Å². The summed E-state index contributed by atoms with van der Waals surface area (Å²) >= 11 is 0. The Morgan fingerprint density at radius 2 is 2.00 bits per heavy atom. The van der Waals surface area contributed by atoms with Crippen LogP contribution in [0.1, 0.15) is 18.4 Å². The van der Waals surface area contributed by atoms with Gasteiger partial charge in [-0.1, -0.05) is 18.2 Å². The van der Waals surface area contributed by atoms with Crippen LogP contribution >= 0.6 is 12.4 Å². The minimum atomic E-state index is -0.0255. The second kappa shape index (κ2) is 4.20. The molecule has 1 aromatic rings. The van der Waals surface area contributed by atoms with Gasteiger partial charge in [-0.05, 0) is 31.4 Å². The number of halogens is 1. The second-order valence-electron chi connectivity index (χ2n) is 3.92. The number of rotatable bonds is 3. The zero-order valence-electron chi connectivity index (χ0n) is 8.32. The lowest BCUT2D eigenvalue weighted by atomic mass is 10.2. The number of para-hydroxylation sites is 1. The molecule has 0 unspecified atom stereocenters. The molecule has 14 heavy (non-hydrogen) atoms. The number of nitrogens with two attached hydrogens (primary N) is 1. The molecule has 0 spiro atoms. The zero-order valence-corrected chi connectivity index (χ0v) is 9.14. The molecule has 0 radical (unpaired) electrons. The van der Waals surface area contributed by atoms with E-state index in [0.717, 1.165) is 18.6 Å². The minimum absolute atomic E-state index is 0. The molecule has 0 atom stereocenters. The molecule has 0 aromatic heterocycles. The predicted molar refractivity (Wildman–Crippen MR) is 60.1 cm³/mol. The molecular formula is C11H16ClNO. The van der Waals surface area contributed by atoms with E-state index in [1.807, 2.05) is 31.2 Å². The van der Waals surface area contributed by atoms with Crippen molar-refractivity contribution in [2.24, 2.45) is 5.73 Å². The monoisotopic (exact) mass is 213 g/mol. The molecule has 1 aliphatic rings. The standard InChI is InChI=1S/C11H15NO.ClH/c1-9-4-2-3-5-10(9)13-8-11(12)6-7-11;/h2-5H,6-8,12H2,1H3;1H. The van der Waals surface area contributed by atoms with Crippen molar-refractivity contribution in [2.45, 2.75) is 25.3 Å². The topological polar surface area (TPSA) is 35.2 Å². The Hall–Kier alpha value is -0.730. The molecule has 1 saturated carbocycles. The van der Waals surface area contributed by atoms with Crippen LogP contribution in [0, 0.1) is 6.92 Å². The Balaban J connectivity index is 0.000000980. The van der Waals surface area contributed by atoms with E-state index in [1.165, 1.54) is 5.56 Å². The summed E-state index contributed by atoms with van der Waals surface area (Å²) in [5.74, 6) is 0.958. The number of ether oxygens (including phenoxy) is 1. The Bertz CT molecular complexity index is 310. The highest BCUT2D eigenvalue weighted by atomic mass is 35.5. The summed E-state index contributed by atoms with van der Waals surface area (Å²) < 4.78 is 5.64. The first-order valence-corrected chi connectivity index (χ1v) is 4.67. The van der Waals surface area contributed by atoms with Crippen LogP contribution in [0.2, 0.25) is 0 Å². The summed E-state index contributed by atoms with van der Waals surface area (Å²) in [4.78, 5) is 0. The molecule has 0 bridgehead atoms. The highest BCUT2D eigenvalue weighted by molar-refractivity contribution is 5.85. The van der Waals surface area contributed by atoms with Crippen molar-refractivity contribution in [1.82, 2.24) is 0 Å². The van der Waals surface area contributed by atoms with Crippen molar-refractivity contribution in [3.05, 3.63) is 29.8 Å². The van der Waals surface area contributed by atoms with Crippen LogP contribution < -0.4 is 10.5 Å². The van der Waals surface area contributed by atoms with E-state index in [2.05, 4.69) is 0 Å². The van der Waals surface area contributed by atoms with Crippen LogP contribution in [-0.4, -0.2) is 12.1 Å². The maximum absolute atomic E-state index is 5.92. The van der Waals surface area contributed by atoms with Gasteiger partial charge in [0.05, 0.1) is 5.54 Å². The van der Waals surface area contributed by atoms with Gasteiger partial charge >= 0.3 is 0 Å². The summed E-state index contributed by atoms with van der Waals surface area (Å²) in [6, 6.07) is 8.03. The zero-order chi connectivity index (χ0) is 9.31. The van der Waals surface area contributed by atoms with Gasteiger partial charge in [0.15, 0.2) is 0 Å². The molecule has 1 fully saturated rings. The summed E-state index contributed by atoms with van der Waals surface area (Å²) in [5.41, 5.74) is 7.07. The highest BCUT2D eigenvalue weighted by Crippen LogP contribution is 2.33.